The molecule has 1 fully saturated rings. The molecule has 1 saturated heterocycles. The van der Waals surface area contributed by atoms with Crippen LogP contribution in [0.25, 0.3) is 16.2 Å². The SMILES string of the molecule is Cn1[c-]c(C[N-]CCC(=O)NOC2CCCCO2)c2ccccc21.[W+2]. The van der Waals surface area contributed by atoms with Gasteiger partial charge in [-0.1, -0.05) is 12.1 Å². The van der Waals surface area contributed by atoms with Crippen LogP contribution >= 0.6 is 0 Å². The Labute approximate surface area is 162 Å². The Balaban J connectivity index is 0.00000225. The molecule has 1 aliphatic heterocycles. The van der Waals surface area contributed by atoms with Gasteiger partial charge in [-0.05, 0) is 19.9 Å². The number of hydrogen-bond acceptors (Lipinski definition) is 3. The standard InChI is InChI=1S/C18H23N3O3.W/c1-21-13-14(15-6-2-3-7-16(15)21)12-19-10-9-17(22)20-24-18-8-4-5-11-23-18;/h2-3,6-7,18H,4-5,8-12H2,1H3,(H,20,22);/q-2;+2. The number of nitrogens with one attached hydrogen (secondary N) is 1. The number of rotatable bonds is 7. The maximum Gasteiger partial charge on any atom is 2.00 e. The van der Waals surface area contributed by atoms with E-state index >= 15 is 0 Å². The zero-order valence-electron chi connectivity index (χ0n) is 14.4. The molecule has 3 rings (SSSR count). The molecule has 1 aliphatic rings. The number of para-hydroxylation sites is 1. The fourth-order valence-corrected chi connectivity index (χ4v) is 2.82. The van der Waals surface area contributed by atoms with Gasteiger partial charge in [0, 0.05) is 19.4 Å². The number of hydrogen-bond donors (Lipinski definition) is 1. The summed E-state index contributed by atoms with van der Waals surface area (Å²) in [7, 11) is 1.98. The molecule has 7 heteroatoms. The van der Waals surface area contributed by atoms with Crippen LogP contribution in [0.3, 0.4) is 0 Å². The number of aromatic nitrogens is 1. The first-order valence-electron chi connectivity index (χ1n) is 8.39. The summed E-state index contributed by atoms with van der Waals surface area (Å²) in [5, 5.41) is 5.61. The van der Waals surface area contributed by atoms with Gasteiger partial charge in [0.05, 0.1) is 0 Å². The third-order valence-corrected chi connectivity index (χ3v) is 4.10. The summed E-state index contributed by atoms with van der Waals surface area (Å²) >= 11 is 0. The van der Waals surface area contributed by atoms with E-state index in [1.54, 1.807) is 0 Å². The predicted molar refractivity (Wildman–Crippen MR) is 91.1 cm³/mol. The van der Waals surface area contributed by atoms with E-state index in [0.717, 1.165) is 35.7 Å². The zero-order valence-corrected chi connectivity index (χ0v) is 17.3. The van der Waals surface area contributed by atoms with Crippen molar-refractivity contribution in [2.24, 2.45) is 7.05 Å². The van der Waals surface area contributed by atoms with E-state index in [2.05, 4.69) is 29.1 Å². The van der Waals surface area contributed by atoms with Crippen LogP contribution in [-0.4, -0.2) is 29.9 Å². The first kappa shape index (κ1) is 20.1. The molecule has 25 heavy (non-hydrogen) atoms. The van der Waals surface area contributed by atoms with Crippen molar-refractivity contribution < 1.29 is 35.4 Å². The predicted octanol–water partition coefficient (Wildman–Crippen LogP) is 2.81. The molecule has 0 bridgehead atoms. The van der Waals surface area contributed by atoms with Gasteiger partial charge in [-0.15, -0.1) is 36.9 Å². The van der Waals surface area contributed by atoms with Crippen LogP contribution in [-0.2, 0) is 49.0 Å². The van der Waals surface area contributed by atoms with E-state index < -0.39 is 0 Å². The number of fused-ring (bicyclic) bond motifs is 1. The first-order chi connectivity index (χ1) is 11.7. The van der Waals surface area contributed by atoms with E-state index in [-0.39, 0.29) is 33.3 Å². The first-order valence-corrected chi connectivity index (χ1v) is 8.39. The van der Waals surface area contributed by atoms with Crippen molar-refractivity contribution in [2.75, 3.05) is 13.2 Å². The van der Waals surface area contributed by atoms with Crippen LogP contribution in [0.1, 0.15) is 31.2 Å². The number of carbonyl (C=O) groups excluding carboxylic acids is 1. The molecule has 1 amide bonds. The Morgan fingerprint density at radius 2 is 2.28 bits per heavy atom. The molecule has 0 aliphatic carbocycles. The molecule has 2 aromatic rings. The smallest absolute Gasteiger partial charge is 0.660 e. The largest absolute Gasteiger partial charge is 2.00 e. The van der Waals surface area contributed by atoms with Crippen molar-refractivity contribution in [3.8, 4) is 0 Å². The third kappa shape index (κ3) is 5.64. The fraction of sp³-hybridized carbons (Fsp3) is 0.500. The summed E-state index contributed by atoms with van der Waals surface area (Å²) < 4.78 is 7.37. The summed E-state index contributed by atoms with van der Waals surface area (Å²) in [4.78, 5) is 17.0. The Morgan fingerprint density at radius 1 is 1.44 bits per heavy atom. The van der Waals surface area contributed by atoms with Crippen molar-refractivity contribution in [3.05, 3.63) is 41.3 Å². The van der Waals surface area contributed by atoms with Crippen molar-refractivity contribution >= 4 is 16.8 Å². The van der Waals surface area contributed by atoms with E-state index in [9.17, 15) is 4.79 Å². The maximum absolute atomic E-state index is 11.7. The molecular weight excluding hydrogens is 490 g/mol. The van der Waals surface area contributed by atoms with E-state index in [1.807, 2.05) is 23.7 Å². The van der Waals surface area contributed by atoms with Crippen LogP contribution in [0, 0.1) is 6.20 Å². The fourth-order valence-electron chi connectivity index (χ4n) is 2.82. The van der Waals surface area contributed by atoms with Gasteiger partial charge in [0.15, 0.2) is 6.29 Å². The summed E-state index contributed by atoms with van der Waals surface area (Å²) in [5.74, 6) is -0.171. The molecular formula is C18H23N3O3W. The summed E-state index contributed by atoms with van der Waals surface area (Å²) in [6.45, 7) is 1.70. The Hall–Kier alpha value is -1.20. The van der Waals surface area contributed by atoms with Gasteiger partial charge in [0.2, 0.25) is 5.91 Å². The average Bonchev–Trinajstić information content (AvgIpc) is 2.94. The van der Waals surface area contributed by atoms with Crippen LogP contribution in [0.2, 0.25) is 0 Å². The monoisotopic (exact) mass is 513 g/mol. The Kier molecular flexibility index (Phi) is 8.10. The molecule has 1 N–H and O–H groups in total. The number of nitrogens with zero attached hydrogens (tertiary/aromatic N) is 2. The number of hydroxylamine groups is 1. The molecule has 1 atom stereocenters. The summed E-state index contributed by atoms with van der Waals surface area (Å²) in [6.07, 6.45) is 6.22. The quantitative estimate of drug-likeness (QED) is 0.352. The molecule has 0 spiro atoms. The molecule has 2 heterocycles. The van der Waals surface area contributed by atoms with Crippen molar-refractivity contribution in [1.29, 1.82) is 0 Å². The second-order valence-electron chi connectivity index (χ2n) is 5.96. The van der Waals surface area contributed by atoms with Crippen molar-refractivity contribution in [2.45, 2.75) is 38.5 Å². The Morgan fingerprint density at radius 3 is 3.08 bits per heavy atom. The summed E-state index contributed by atoms with van der Waals surface area (Å²) in [6, 6.07) is 8.16. The van der Waals surface area contributed by atoms with Gasteiger partial charge in [0.25, 0.3) is 0 Å². The van der Waals surface area contributed by atoms with Gasteiger partial charge >= 0.3 is 21.1 Å². The van der Waals surface area contributed by atoms with Gasteiger partial charge in [-0.25, -0.2) is 10.3 Å². The molecule has 6 nitrogen and oxygen atoms in total. The maximum atomic E-state index is 11.7. The number of ether oxygens (including phenoxy) is 1. The molecule has 1 aromatic carbocycles. The number of carbonyl (C=O) groups is 1. The molecule has 0 radical (unpaired) electrons. The van der Waals surface area contributed by atoms with E-state index in [0.29, 0.717) is 26.1 Å². The molecule has 0 saturated carbocycles. The number of benzene rings is 1. The van der Waals surface area contributed by atoms with Gasteiger partial charge in [-0.2, -0.15) is 10.9 Å². The van der Waals surface area contributed by atoms with Gasteiger partial charge in [0.1, 0.15) is 0 Å². The number of amides is 1. The second kappa shape index (κ2) is 10.1. The molecule has 134 valence electrons. The average molecular weight is 513 g/mol. The zero-order chi connectivity index (χ0) is 16.8. The van der Waals surface area contributed by atoms with Crippen molar-refractivity contribution in [3.63, 3.8) is 0 Å². The van der Waals surface area contributed by atoms with E-state index in [4.69, 9.17) is 9.57 Å². The molecule has 1 unspecified atom stereocenters. The van der Waals surface area contributed by atoms with Crippen LogP contribution in [0.5, 0.6) is 0 Å². The third-order valence-electron chi connectivity index (χ3n) is 4.10. The Bertz CT molecular complexity index is 683. The minimum atomic E-state index is -0.315. The van der Waals surface area contributed by atoms with Crippen molar-refractivity contribution in [1.82, 2.24) is 10.0 Å². The van der Waals surface area contributed by atoms with Crippen LogP contribution in [0.4, 0.5) is 0 Å². The van der Waals surface area contributed by atoms with Crippen LogP contribution in [0.15, 0.2) is 24.3 Å². The summed E-state index contributed by atoms with van der Waals surface area (Å²) in [5.41, 5.74) is 4.64. The van der Waals surface area contributed by atoms with Crippen LogP contribution < -0.4 is 5.48 Å². The topological polar surface area (TPSA) is 66.6 Å². The van der Waals surface area contributed by atoms with E-state index in [1.165, 1.54) is 0 Å². The van der Waals surface area contributed by atoms with Gasteiger partial charge in [-0.3, -0.25) is 4.79 Å². The minimum absolute atomic E-state index is 0. The minimum Gasteiger partial charge on any atom is -0.660 e. The second-order valence-corrected chi connectivity index (χ2v) is 5.96. The molecule has 1 aromatic heterocycles. The van der Waals surface area contributed by atoms with Gasteiger partial charge < -0.3 is 14.6 Å². The number of aryl methyl sites for hydroxylation is 1. The normalized spacial score (nSPS) is 17.2.